The van der Waals surface area contributed by atoms with E-state index in [1.165, 1.54) is 44.9 Å². The molecule has 1 fully saturated rings. The van der Waals surface area contributed by atoms with Gasteiger partial charge in [-0.15, -0.1) is 0 Å². The molecule has 2 N–H and O–H groups in total. The van der Waals surface area contributed by atoms with E-state index in [2.05, 4.69) is 6.92 Å². The highest BCUT2D eigenvalue weighted by Crippen LogP contribution is 2.29. The van der Waals surface area contributed by atoms with Gasteiger partial charge in [-0.25, -0.2) is 0 Å². The van der Waals surface area contributed by atoms with Crippen LogP contribution in [0, 0.1) is 11.8 Å². The van der Waals surface area contributed by atoms with E-state index < -0.39 is 0 Å². The van der Waals surface area contributed by atoms with Crippen molar-refractivity contribution in [3.63, 3.8) is 0 Å². The lowest BCUT2D eigenvalue weighted by atomic mass is 9.81. The van der Waals surface area contributed by atoms with Crippen molar-refractivity contribution in [3.05, 3.63) is 0 Å². The SMILES string of the molecule is CC(CC(N)=O)C1CCCCCCC1. The number of nitrogens with two attached hydrogens (primary N) is 1. The second kappa shape index (κ2) is 6.05. The molecule has 0 heterocycles. The topological polar surface area (TPSA) is 43.1 Å². The smallest absolute Gasteiger partial charge is 0.217 e. The molecule has 82 valence electrons. The molecule has 0 radical (unpaired) electrons. The summed E-state index contributed by atoms with van der Waals surface area (Å²) in [6.07, 6.45) is 10.0. The summed E-state index contributed by atoms with van der Waals surface area (Å²) >= 11 is 0. The van der Waals surface area contributed by atoms with Crippen LogP contribution in [-0.4, -0.2) is 5.91 Å². The monoisotopic (exact) mass is 197 g/mol. The molecule has 2 heteroatoms. The van der Waals surface area contributed by atoms with Crippen molar-refractivity contribution in [2.75, 3.05) is 0 Å². The summed E-state index contributed by atoms with van der Waals surface area (Å²) < 4.78 is 0. The number of carbonyl (C=O) groups excluding carboxylic acids is 1. The highest BCUT2D eigenvalue weighted by Gasteiger charge is 2.19. The normalized spacial score (nSPS) is 22.4. The van der Waals surface area contributed by atoms with E-state index in [-0.39, 0.29) is 5.91 Å². The van der Waals surface area contributed by atoms with Crippen molar-refractivity contribution in [2.24, 2.45) is 17.6 Å². The molecule has 0 saturated heterocycles. The van der Waals surface area contributed by atoms with Gasteiger partial charge in [0.2, 0.25) is 5.91 Å². The van der Waals surface area contributed by atoms with E-state index in [0.29, 0.717) is 12.3 Å². The quantitative estimate of drug-likeness (QED) is 0.742. The summed E-state index contributed by atoms with van der Waals surface area (Å²) in [5, 5.41) is 0. The Hall–Kier alpha value is -0.530. The fourth-order valence-electron chi connectivity index (χ4n) is 2.54. The number of carbonyl (C=O) groups is 1. The van der Waals surface area contributed by atoms with Gasteiger partial charge in [-0.3, -0.25) is 4.79 Å². The second-order valence-corrected chi connectivity index (χ2v) is 4.75. The van der Waals surface area contributed by atoms with Gasteiger partial charge in [-0.2, -0.15) is 0 Å². The Kier molecular flexibility index (Phi) is 4.99. The third-order valence-electron chi connectivity index (χ3n) is 3.48. The molecule has 1 amide bonds. The van der Waals surface area contributed by atoms with Gasteiger partial charge < -0.3 is 5.73 Å². The van der Waals surface area contributed by atoms with Gasteiger partial charge in [-0.05, 0) is 11.8 Å². The van der Waals surface area contributed by atoms with Crippen LogP contribution in [0.3, 0.4) is 0 Å². The Balaban J connectivity index is 2.34. The molecule has 1 aliphatic carbocycles. The zero-order chi connectivity index (χ0) is 10.4. The number of primary amides is 1. The summed E-state index contributed by atoms with van der Waals surface area (Å²) in [6, 6.07) is 0. The molecule has 1 unspecified atom stereocenters. The van der Waals surface area contributed by atoms with Crippen molar-refractivity contribution < 1.29 is 4.79 Å². The summed E-state index contributed by atoms with van der Waals surface area (Å²) in [5.74, 6) is 1.09. The van der Waals surface area contributed by atoms with E-state index in [1.807, 2.05) is 0 Å². The molecule has 2 nitrogen and oxygen atoms in total. The fraction of sp³-hybridized carbons (Fsp3) is 0.917. The van der Waals surface area contributed by atoms with Crippen LogP contribution in [0.25, 0.3) is 0 Å². The summed E-state index contributed by atoms with van der Waals surface area (Å²) in [7, 11) is 0. The van der Waals surface area contributed by atoms with Crippen LogP contribution in [0.15, 0.2) is 0 Å². The van der Waals surface area contributed by atoms with Crippen molar-refractivity contribution in [1.29, 1.82) is 0 Å². The maximum absolute atomic E-state index is 10.8. The molecule has 14 heavy (non-hydrogen) atoms. The third-order valence-corrected chi connectivity index (χ3v) is 3.48. The van der Waals surface area contributed by atoms with Gasteiger partial charge >= 0.3 is 0 Å². The third kappa shape index (κ3) is 4.12. The van der Waals surface area contributed by atoms with Gasteiger partial charge in [0.25, 0.3) is 0 Å². The molecular formula is C12H23NO. The van der Waals surface area contributed by atoms with Crippen molar-refractivity contribution in [2.45, 2.75) is 58.3 Å². The first kappa shape index (κ1) is 11.5. The highest BCUT2D eigenvalue weighted by atomic mass is 16.1. The Labute approximate surface area is 87.2 Å². The molecule has 0 aromatic rings. The number of hydrogen-bond donors (Lipinski definition) is 1. The van der Waals surface area contributed by atoms with Crippen molar-refractivity contribution in [3.8, 4) is 0 Å². The van der Waals surface area contributed by atoms with Crippen LogP contribution in [0.1, 0.15) is 58.3 Å². The zero-order valence-corrected chi connectivity index (χ0v) is 9.30. The van der Waals surface area contributed by atoms with Gasteiger partial charge in [0, 0.05) is 6.42 Å². The minimum atomic E-state index is -0.139. The molecular weight excluding hydrogens is 174 g/mol. The molecule has 1 aliphatic rings. The average Bonchev–Trinajstić information content (AvgIpc) is 2.00. The predicted molar refractivity (Wildman–Crippen MR) is 58.8 cm³/mol. The Morgan fingerprint density at radius 1 is 1.21 bits per heavy atom. The standard InChI is InChI=1S/C12H23NO/c1-10(9-12(13)14)11-7-5-3-2-4-6-8-11/h10-11H,2-9H2,1H3,(H2,13,14). The molecule has 1 atom stereocenters. The second-order valence-electron chi connectivity index (χ2n) is 4.75. The minimum absolute atomic E-state index is 0.139. The molecule has 0 aliphatic heterocycles. The van der Waals surface area contributed by atoms with Crippen molar-refractivity contribution in [1.82, 2.24) is 0 Å². The van der Waals surface area contributed by atoms with E-state index in [4.69, 9.17) is 5.73 Å². The number of amides is 1. The first-order valence-corrected chi connectivity index (χ1v) is 5.98. The van der Waals surface area contributed by atoms with Crippen LogP contribution in [0.4, 0.5) is 0 Å². The predicted octanol–water partition coefficient (Wildman–Crippen LogP) is 2.86. The van der Waals surface area contributed by atoms with Gasteiger partial charge in [0.1, 0.15) is 0 Å². The zero-order valence-electron chi connectivity index (χ0n) is 9.30. The fourth-order valence-corrected chi connectivity index (χ4v) is 2.54. The Morgan fingerprint density at radius 2 is 1.71 bits per heavy atom. The largest absolute Gasteiger partial charge is 0.370 e. The van der Waals surface area contributed by atoms with E-state index in [9.17, 15) is 4.79 Å². The molecule has 1 saturated carbocycles. The molecule has 0 aromatic carbocycles. The van der Waals surface area contributed by atoms with Crippen LogP contribution in [0.2, 0.25) is 0 Å². The maximum atomic E-state index is 10.8. The van der Waals surface area contributed by atoms with Crippen LogP contribution < -0.4 is 5.73 Å². The average molecular weight is 197 g/mol. The Bertz CT molecular complexity index is 171. The lowest BCUT2D eigenvalue weighted by Gasteiger charge is -2.24. The lowest BCUT2D eigenvalue weighted by Crippen LogP contribution is -2.21. The highest BCUT2D eigenvalue weighted by molar-refractivity contribution is 5.73. The van der Waals surface area contributed by atoms with E-state index in [1.54, 1.807) is 0 Å². The van der Waals surface area contributed by atoms with Crippen LogP contribution >= 0.6 is 0 Å². The minimum Gasteiger partial charge on any atom is -0.370 e. The number of rotatable bonds is 3. The number of hydrogen-bond acceptors (Lipinski definition) is 1. The summed E-state index contributed by atoms with van der Waals surface area (Å²) in [4.78, 5) is 10.8. The van der Waals surface area contributed by atoms with Crippen LogP contribution in [-0.2, 0) is 4.79 Å². The first-order valence-electron chi connectivity index (χ1n) is 5.98. The van der Waals surface area contributed by atoms with E-state index in [0.717, 1.165) is 5.92 Å². The first-order chi connectivity index (χ1) is 6.70. The molecule has 0 bridgehead atoms. The van der Waals surface area contributed by atoms with E-state index >= 15 is 0 Å². The van der Waals surface area contributed by atoms with Crippen LogP contribution in [0.5, 0.6) is 0 Å². The lowest BCUT2D eigenvalue weighted by molar-refractivity contribution is -0.119. The van der Waals surface area contributed by atoms with Crippen molar-refractivity contribution >= 4 is 5.91 Å². The summed E-state index contributed by atoms with van der Waals surface area (Å²) in [6.45, 7) is 2.18. The summed E-state index contributed by atoms with van der Waals surface area (Å²) in [5.41, 5.74) is 5.23. The maximum Gasteiger partial charge on any atom is 0.217 e. The Morgan fingerprint density at radius 3 is 2.21 bits per heavy atom. The molecule has 1 rings (SSSR count). The van der Waals surface area contributed by atoms with Gasteiger partial charge in [0.15, 0.2) is 0 Å². The molecule has 0 spiro atoms. The molecule has 0 aromatic heterocycles. The van der Waals surface area contributed by atoms with Gasteiger partial charge in [0.05, 0.1) is 0 Å². The van der Waals surface area contributed by atoms with Gasteiger partial charge in [-0.1, -0.05) is 51.9 Å².